The summed E-state index contributed by atoms with van der Waals surface area (Å²) < 4.78 is 27.0. The molecule has 0 aliphatic rings. The van der Waals surface area contributed by atoms with Crippen LogP contribution >= 0.6 is 0 Å². The fourth-order valence-corrected chi connectivity index (χ4v) is 3.46. The molecule has 0 aromatic heterocycles. The second kappa shape index (κ2) is 12.2. The van der Waals surface area contributed by atoms with Gasteiger partial charge in [0.25, 0.3) is 0 Å². The second-order valence-corrected chi connectivity index (χ2v) is 7.32. The van der Waals surface area contributed by atoms with Crippen LogP contribution in [-0.4, -0.2) is 41.5 Å². The van der Waals surface area contributed by atoms with Crippen molar-refractivity contribution in [3.05, 3.63) is 77.4 Å². The highest BCUT2D eigenvalue weighted by Crippen LogP contribution is 2.39. The summed E-state index contributed by atoms with van der Waals surface area (Å²) >= 11 is 0. The van der Waals surface area contributed by atoms with Gasteiger partial charge in [-0.1, -0.05) is 36.4 Å². The average Bonchev–Trinajstić information content (AvgIpc) is 2.90. The van der Waals surface area contributed by atoms with E-state index in [4.69, 9.17) is 23.7 Å². The van der Waals surface area contributed by atoms with Crippen LogP contribution in [0.3, 0.4) is 0 Å². The van der Waals surface area contributed by atoms with Gasteiger partial charge in [-0.25, -0.2) is 0 Å². The first-order valence-electron chi connectivity index (χ1n) is 10.8. The van der Waals surface area contributed by atoms with E-state index >= 15 is 0 Å². The Bertz CT molecular complexity index is 1210. The van der Waals surface area contributed by atoms with Crippen molar-refractivity contribution in [1.29, 1.82) is 0 Å². The van der Waals surface area contributed by atoms with Crippen LogP contribution in [0, 0.1) is 0 Å². The summed E-state index contributed by atoms with van der Waals surface area (Å²) in [7, 11) is 7.86. The van der Waals surface area contributed by atoms with Gasteiger partial charge in [-0.15, -0.1) is 0 Å². The molecule has 0 unspecified atom stereocenters. The summed E-state index contributed by atoms with van der Waals surface area (Å²) in [5.41, 5.74) is 3.00. The van der Waals surface area contributed by atoms with E-state index in [1.54, 1.807) is 47.7 Å². The van der Waals surface area contributed by atoms with Crippen LogP contribution in [-0.2, 0) is 4.79 Å². The topological polar surface area (TPSA) is 75.3 Å². The van der Waals surface area contributed by atoms with Gasteiger partial charge >= 0.3 is 0 Å². The van der Waals surface area contributed by atoms with E-state index in [2.05, 4.69) is 5.32 Å². The van der Waals surface area contributed by atoms with Crippen molar-refractivity contribution >= 4 is 29.8 Å². The van der Waals surface area contributed by atoms with Crippen LogP contribution in [0.2, 0.25) is 0 Å². The first-order chi connectivity index (χ1) is 17.0. The molecule has 0 radical (unpaired) electrons. The van der Waals surface area contributed by atoms with Crippen LogP contribution in [0.25, 0.3) is 18.2 Å². The molecule has 0 saturated carbocycles. The molecule has 0 atom stereocenters. The summed E-state index contributed by atoms with van der Waals surface area (Å²) in [6, 6.07) is 16.7. The summed E-state index contributed by atoms with van der Waals surface area (Å²) in [6.07, 6.45) is 6.96. The van der Waals surface area contributed by atoms with Gasteiger partial charge in [0.2, 0.25) is 11.7 Å². The molecule has 0 bridgehead atoms. The molecule has 0 saturated heterocycles. The molecular weight excluding hydrogens is 446 g/mol. The van der Waals surface area contributed by atoms with Gasteiger partial charge < -0.3 is 29.0 Å². The van der Waals surface area contributed by atoms with Crippen molar-refractivity contribution in [2.45, 2.75) is 0 Å². The molecule has 3 aromatic rings. The fraction of sp³-hybridized carbons (Fsp3) is 0.179. The summed E-state index contributed by atoms with van der Waals surface area (Å²) in [4.78, 5) is 12.7. The van der Waals surface area contributed by atoms with Gasteiger partial charge in [0.05, 0.1) is 41.2 Å². The standard InChI is InChI=1S/C28H29NO6/c1-31-22-10-6-8-19(16-22)13-15-26(30)29-27-21(9-7-11-23(27)32-2)14-12-20-17-24(33-3)28(35-5)25(18-20)34-4/h6-18H,1-5H3,(H,29,30)/b14-12?,15-13+. The number of methoxy groups -OCH3 is 5. The molecule has 3 rings (SSSR count). The van der Waals surface area contributed by atoms with E-state index in [-0.39, 0.29) is 5.91 Å². The third-order valence-electron chi connectivity index (χ3n) is 5.19. The lowest BCUT2D eigenvalue weighted by atomic mass is 10.1. The van der Waals surface area contributed by atoms with Gasteiger partial charge in [-0.3, -0.25) is 4.79 Å². The summed E-state index contributed by atoms with van der Waals surface area (Å²) in [5.74, 6) is 2.59. The van der Waals surface area contributed by atoms with Crippen LogP contribution in [0.15, 0.2) is 60.7 Å². The lowest BCUT2D eigenvalue weighted by Crippen LogP contribution is -2.10. The highest BCUT2D eigenvalue weighted by Gasteiger charge is 2.13. The number of anilines is 1. The first-order valence-corrected chi connectivity index (χ1v) is 10.8. The summed E-state index contributed by atoms with van der Waals surface area (Å²) in [6.45, 7) is 0. The van der Waals surface area contributed by atoms with Crippen molar-refractivity contribution < 1.29 is 28.5 Å². The smallest absolute Gasteiger partial charge is 0.248 e. The number of carbonyl (C=O) groups is 1. The van der Waals surface area contributed by atoms with Crippen molar-refractivity contribution in [3.63, 3.8) is 0 Å². The molecule has 7 nitrogen and oxygen atoms in total. The minimum absolute atomic E-state index is 0.292. The molecule has 182 valence electrons. The Morgan fingerprint density at radius 3 is 2.00 bits per heavy atom. The first kappa shape index (κ1) is 25.2. The van der Waals surface area contributed by atoms with E-state index in [0.29, 0.717) is 28.7 Å². The number of carbonyl (C=O) groups excluding carboxylic acids is 1. The van der Waals surface area contributed by atoms with Gasteiger partial charge in [0.1, 0.15) is 11.5 Å². The normalized spacial score (nSPS) is 10.9. The van der Waals surface area contributed by atoms with E-state index in [1.807, 2.05) is 60.7 Å². The molecule has 0 spiro atoms. The largest absolute Gasteiger partial charge is 0.497 e. The number of para-hydroxylation sites is 1. The highest BCUT2D eigenvalue weighted by molar-refractivity contribution is 6.04. The Hall–Kier alpha value is -4.39. The zero-order valence-electron chi connectivity index (χ0n) is 20.5. The van der Waals surface area contributed by atoms with E-state index < -0.39 is 0 Å². The molecule has 1 amide bonds. The molecule has 0 fully saturated rings. The zero-order chi connectivity index (χ0) is 25.2. The van der Waals surface area contributed by atoms with E-state index in [0.717, 1.165) is 22.4 Å². The van der Waals surface area contributed by atoms with E-state index in [9.17, 15) is 4.79 Å². The Morgan fingerprint density at radius 1 is 0.686 bits per heavy atom. The molecule has 0 aliphatic heterocycles. The number of hydrogen-bond acceptors (Lipinski definition) is 6. The maximum Gasteiger partial charge on any atom is 0.248 e. The van der Waals surface area contributed by atoms with Crippen LogP contribution in [0.5, 0.6) is 28.7 Å². The van der Waals surface area contributed by atoms with Crippen molar-refractivity contribution in [2.24, 2.45) is 0 Å². The molecule has 35 heavy (non-hydrogen) atoms. The second-order valence-electron chi connectivity index (χ2n) is 7.32. The number of ether oxygens (including phenoxy) is 5. The highest BCUT2D eigenvalue weighted by atomic mass is 16.5. The number of benzene rings is 3. The van der Waals surface area contributed by atoms with Gasteiger partial charge in [0.15, 0.2) is 11.5 Å². The number of rotatable bonds is 10. The predicted molar refractivity (Wildman–Crippen MR) is 139 cm³/mol. The Kier molecular flexibility index (Phi) is 8.78. The lowest BCUT2D eigenvalue weighted by Gasteiger charge is -2.13. The maximum atomic E-state index is 12.7. The molecular formula is C28H29NO6. The number of nitrogens with one attached hydrogen (secondary N) is 1. The minimum atomic E-state index is -0.292. The molecule has 0 aliphatic carbocycles. The van der Waals surface area contributed by atoms with Crippen molar-refractivity contribution in [1.82, 2.24) is 0 Å². The molecule has 1 N–H and O–H groups in total. The molecule has 0 heterocycles. The number of hydrogen-bond donors (Lipinski definition) is 1. The number of amides is 1. The Balaban J connectivity index is 1.88. The van der Waals surface area contributed by atoms with Crippen LogP contribution in [0.4, 0.5) is 5.69 Å². The third kappa shape index (κ3) is 6.35. The predicted octanol–water partition coefficient (Wildman–Crippen LogP) is 5.55. The van der Waals surface area contributed by atoms with E-state index in [1.165, 1.54) is 6.08 Å². The van der Waals surface area contributed by atoms with Gasteiger partial charge in [-0.2, -0.15) is 0 Å². The fourth-order valence-electron chi connectivity index (χ4n) is 3.46. The minimum Gasteiger partial charge on any atom is -0.497 e. The average molecular weight is 476 g/mol. The Morgan fingerprint density at radius 2 is 1.37 bits per heavy atom. The Labute approximate surface area is 205 Å². The van der Waals surface area contributed by atoms with Crippen LogP contribution in [0.1, 0.15) is 16.7 Å². The third-order valence-corrected chi connectivity index (χ3v) is 5.19. The molecule has 3 aromatic carbocycles. The monoisotopic (exact) mass is 475 g/mol. The zero-order valence-corrected chi connectivity index (χ0v) is 20.5. The lowest BCUT2D eigenvalue weighted by molar-refractivity contribution is -0.111. The SMILES string of the molecule is COc1cccc(/C=C/C(=O)Nc2c(C=Cc3cc(OC)c(OC)c(OC)c3)cccc2OC)c1. The van der Waals surface area contributed by atoms with Gasteiger partial charge in [0, 0.05) is 11.6 Å². The summed E-state index contributed by atoms with van der Waals surface area (Å²) in [5, 5.41) is 2.93. The maximum absolute atomic E-state index is 12.7. The quantitative estimate of drug-likeness (QED) is 0.306. The van der Waals surface area contributed by atoms with Gasteiger partial charge in [-0.05, 0) is 47.5 Å². The van der Waals surface area contributed by atoms with Crippen molar-refractivity contribution in [2.75, 3.05) is 40.9 Å². The van der Waals surface area contributed by atoms with Crippen LogP contribution < -0.4 is 29.0 Å². The molecule has 7 heteroatoms. The van der Waals surface area contributed by atoms with Crippen molar-refractivity contribution in [3.8, 4) is 28.7 Å².